The molecule has 1 aliphatic carbocycles. The van der Waals surface area contributed by atoms with E-state index in [9.17, 15) is 0 Å². The number of benzene rings is 10. The summed E-state index contributed by atoms with van der Waals surface area (Å²) in [5.74, 6) is 3.51. The van der Waals surface area contributed by atoms with Crippen LogP contribution in [0.3, 0.4) is 0 Å². The molecule has 0 fully saturated rings. The van der Waals surface area contributed by atoms with Crippen LogP contribution in [0.2, 0.25) is 0 Å². The molecule has 2 heterocycles. The van der Waals surface area contributed by atoms with Crippen molar-refractivity contribution in [2.75, 3.05) is 0 Å². The minimum Gasteiger partial charge on any atom is -0.458 e. The third kappa shape index (κ3) is 4.56. The maximum absolute atomic E-state index is 6.64. The first-order chi connectivity index (χ1) is 28.7. The lowest BCUT2D eigenvalue weighted by atomic mass is 9.35. The van der Waals surface area contributed by atoms with E-state index in [0.717, 1.165) is 46.0 Å². The average Bonchev–Trinajstić information content (AvgIpc) is 3.68. The number of hydrogen-bond acceptors (Lipinski definition) is 2. The average molecular weight is 737 g/mol. The molecule has 10 aromatic rings. The van der Waals surface area contributed by atoms with Gasteiger partial charge in [0.25, 0.3) is 6.71 Å². The van der Waals surface area contributed by atoms with Gasteiger partial charge < -0.3 is 9.47 Å². The summed E-state index contributed by atoms with van der Waals surface area (Å²) in [5, 5.41) is 7.80. The molecule has 2 nitrogen and oxygen atoms in total. The quantitative estimate of drug-likeness (QED) is 0.133. The molecule has 0 radical (unpaired) electrons. The minimum absolute atomic E-state index is 0.0625. The Bertz CT molecular complexity index is 3290. The molecule has 10 aromatic carbocycles. The molecule has 0 spiro atoms. The molecule has 0 bridgehead atoms. The molecule has 0 unspecified atom stereocenters. The normalized spacial score (nSPS) is 13.0. The largest absolute Gasteiger partial charge is 0.458 e. The second-order valence-corrected chi connectivity index (χ2v) is 15.9. The van der Waals surface area contributed by atoms with E-state index >= 15 is 0 Å². The topological polar surface area (TPSA) is 18.5 Å². The van der Waals surface area contributed by atoms with Crippen LogP contribution in [0.5, 0.6) is 23.0 Å². The van der Waals surface area contributed by atoms with Crippen LogP contribution in [0.15, 0.2) is 188 Å². The zero-order chi connectivity index (χ0) is 37.9. The molecule has 0 saturated heterocycles. The van der Waals surface area contributed by atoms with Crippen molar-refractivity contribution >= 4 is 55.4 Å². The maximum atomic E-state index is 6.64. The molecular formula is C55H33BO2. The Morgan fingerprint density at radius 3 is 1.38 bits per heavy atom. The number of hydrogen-bond donors (Lipinski definition) is 0. The molecular weight excluding hydrogens is 703 g/mol. The summed E-state index contributed by atoms with van der Waals surface area (Å²) >= 11 is 0. The summed E-state index contributed by atoms with van der Waals surface area (Å²) in [6.45, 7) is 0.0625. The number of fused-ring (bicyclic) bond motifs is 13. The van der Waals surface area contributed by atoms with Crippen LogP contribution in [0.25, 0.3) is 76.8 Å². The summed E-state index contributed by atoms with van der Waals surface area (Å²) in [5.41, 5.74) is 16.1. The van der Waals surface area contributed by atoms with Gasteiger partial charge in [-0.05, 0) is 142 Å². The molecule has 0 atom stereocenters. The van der Waals surface area contributed by atoms with Crippen molar-refractivity contribution < 1.29 is 9.47 Å². The van der Waals surface area contributed by atoms with Crippen molar-refractivity contribution in [1.29, 1.82) is 0 Å². The molecule has 268 valence electrons. The van der Waals surface area contributed by atoms with E-state index in [4.69, 9.17) is 9.47 Å². The van der Waals surface area contributed by atoms with Gasteiger partial charge in [-0.1, -0.05) is 152 Å². The van der Waals surface area contributed by atoms with Crippen LogP contribution in [0, 0.1) is 0 Å². The number of ether oxygens (including phenoxy) is 2. The fraction of sp³-hybridized carbons (Fsp3) is 0.0182. The van der Waals surface area contributed by atoms with Crippen molar-refractivity contribution in [2.45, 2.75) is 6.42 Å². The van der Waals surface area contributed by atoms with Gasteiger partial charge >= 0.3 is 0 Å². The zero-order valence-electron chi connectivity index (χ0n) is 31.5. The molecule has 0 N–H and O–H groups in total. The first-order valence-corrected chi connectivity index (χ1v) is 20.2. The second-order valence-electron chi connectivity index (χ2n) is 15.9. The minimum atomic E-state index is 0.0625. The van der Waals surface area contributed by atoms with Gasteiger partial charge in [0, 0.05) is 5.46 Å². The molecule has 0 aromatic heterocycles. The van der Waals surface area contributed by atoms with Gasteiger partial charge in [0.2, 0.25) is 0 Å². The molecule has 3 heteroatoms. The smallest absolute Gasteiger partial charge is 0.260 e. The standard InChI is InChI=1S/C55H33BO2/c1-2-16-41-39(14-1)40-15-3-4-17-42(40)46-29-35(26-27-45(41)46)38-19-11-21-44-43-20-10-18-37(47(43)32-48(38)44)34-13-9-12-33(28-34)36-30-53-55-54(31-36)58-52-25-8-6-23-50(52)56(55)49-22-5-7-24-51(49)57-53/h1-31H,32H2. The highest BCUT2D eigenvalue weighted by Crippen LogP contribution is 2.47. The fourth-order valence-electron chi connectivity index (χ4n) is 10.3. The molecule has 58 heavy (non-hydrogen) atoms. The predicted octanol–water partition coefficient (Wildman–Crippen LogP) is 12.4. The Balaban J connectivity index is 0.902. The summed E-state index contributed by atoms with van der Waals surface area (Å²) in [4.78, 5) is 0. The lowest BCUT2D eigenvalue weighted by molar-refractivity contribution is 0.465. The first-order valence-electron chi connectivity index (χ1n) is 20.2. The number of para-hydroxylation sites is 2. The Morgan fingerprint density at radius 2 is 0.776 bits per heavy atom. The third-order valence-corrected chi connectivity index (χ3v) is 12.9. The van der Waals surface area contributed by atoms with Gasteiger partial charge in [-0.3, -0.25) is 0 Å². The predicted molar refractivity (Wildman–Crippen MR) is 241 cm³/mol. The highest BCUT2D eigenvalue weighted by atomic mass is 16.5. The molecule has 0 amide bonds. The van der Waals surface area contributed by atoms with Gasteiger partial charge in [-0.15, -0.1) is 0 Å². The van der Waals surface area contributed by atoms with E-state index in [1.807, 2.05) is 12.1 Å². The van der Waals surface area contributed by atoms with Crippen molar-refractivity contribution in [2.24, 2.45) is 0 Å². The van der Waals surface area contributed by atoms with Crippen molar-refractivity contribution in [3.63, 3.8) is 0 Å². The van der Waals surface area contributed by atoms with E-state index in [0.29, 0.717) is 0 Å². The SMILES string of the molecule is c1cc(-c2cc3c4c(c2)Oc2ccccc2B4c2ccccc2O3)cc(-c2cccc3c2Cc2c(-c4ccc5c6ccccc6c6ccccc6c5c4)cccc2-3)c1. The monoisotopic (exact) mass is 736 g/mol. The van der Waals surface area contributed by atoms with Crippen molar-refractivity contribution in [3.8, 4) is 67.5 Å². The van der Waals surface area contributed by atoms with Crippen LogP contribution in [-0.4, -0.2) is 6.71 Å². The highest BCUT2D eigenvalue weighted by Gasteiger charge is 2.40. The van der Waals surface area contributed by atoms with Crippen LogP contribution in [0.4, 0.5) is 0 Å². The van der Waals surface area contributed by atoms with Crippen LogP contribution in [0.1, 0.15) is 11.1 Å². The van der Waals surface area contributed by atoms with Crippen LogP contribution < -0.4 is 25.9 Å². The van der Waals surface area contributed by atoms with E-state index in [-0.39, 0.29) is 6.71 Å². The lowest BCUT2D eigenvalue weighted by Crippen LogP contribution is -2.57. The Hall–Kier alpha value is -7.36. The zero-order valence-corrected chi connectivity index (χ0v) is 31.5. The third-order valence-electron chi connectivity index (χ3n) is 12.9. The molecule has 13 rings (SSSR count). The highest BCUT2D eigenvalue weighted by molar-refractivity contribution is 6.98. The van der Waals surface area contributed by atoms with Gasteiger partial charge in [-0.2, -0.15) is 0 Å². The van der Waals surface area contributed by atoms with Gasteiger partial charge in [0.1, 0.15) is 23.0 Å². The van der Waals surface area contributed by atoms with E-state index < -0.39 is 0 Å². The van der Waals surface area contributed by atoms with E-state index in [1.54, 1.807) is 0 Å². The summed E-state index contributed by atoms with van der Waals surface area (Å²) < 4.78 is 13.3. The Kier molecular flexibility index (Phi) is 6.62. The molecule has 0 saturated carbocycles. The first kappa shape index (κ1) is 31.8. The van der Waals surface area contributed by atoms with Gasteiger partial charge in [-0.25, -0.2) is 0 Å². The van der Waals surface area contributed by atoms with Crippen molar-refractivity contribution in [3.05, 3.63) is 199 Å². The van der Waals surface area contributed by atoms with E-state index in [2.05, 4.69) is 176 Å². The van der Waals surface area contributed by atoms with Crippen LogP contribution >= 0.6 is 0 Å². The van der Waals surface area contributed by atoms with E-state index in [1.165, 1.54) is 87.8 Å². The lowest BCUT2D eigenvalue weighted by Gasteiger charge is -2.33. The Morgan fingerprint density at radius 1 is 0.310 bits per heavy atom. The van der Waals surface area contributed by atoms with Crippen molar-refractivity contribution in [1.82, 2.24) is 0 Å². The summed E-state index contributed by atoms with van der Waals surface area (Å²) in [7, 11) is 0. The van der Waals surface area contributed by atoms with Gasteiger partial charge in [0.15, 0.2) is 0 Å². The molecule has 2 aliphatic heterocycles. The summed E-state index contributed by atoms with van der Waals surface area (Å²) in [6.07, 6.45) is 0.878. The Labute approximate surface area is 336 Å². The second kappa shape index (κ2) is 12.1. The number of rotatable bonds is 3. The maximum Gasteiger partial charge on any atom is 0.260 e. The fourth-order valence-corrected chi connectivity index (χ4v) is 10.3. The summed E-state index contributed by atoms with van der Waals surface area (Å²) in [6, 6.07) is 68.5. The van der Waals surface area contributed by atoms with Gasteiger partial charge in [0.05, 0.1) is 0 Å². The van der Waals surface area contributed by atoms with Crippen LogP contribution in [-0.2, 0) is 6.42 Å². The molecule has 3 aliphatic rings.